The molecule has 0 fully saturated rings. The minimum Gasteiger partial charge on any atom is -0.484 e. The summed E-state index contributed by atoms with van der Waals surface area (Å²) in [7, 11) is 0. The standard InChI is InChI=1S/C23H20Cl2N2O3S/c1-15(23(29)27-19-11-16(24)10-17(25)12-19)31-21-9-5-6-18(13-21)26-22(28)14-30-20-7-3-2-4-8-20/h2-13,15H,14H2,1H3,(H,26,28)(H,27,29). The molecule has 0 saturated heterocycles. The highest BCUT2D eigenvalue weighted by molar-refractivity contribution is 8.00. The lowest BCUT2D eigenvalue weighted by Gasteiger charge is -2.13. The Kier molecular flexibility index (Phi) is 8.23. The Morgan fingerprint density at radius 1 is 0.903 bits per heavy atom. The number of thioether (sulfide) groups is 1. The highest BCUT2D eigenvalue weighted by atomic mass is 35.5. The number of para-hydroxylation sites is 1. The van der Waals surface area contributed by atoms with E-state index < -0.39 is 0 Å². The Labute approximate surface area is 195 Å². The highest BCUT2D eigenvalue weighted by Crippen LogP contribution is 2.28. The smallest absolute Gasteiger partial charge is 0.262 e. The molecular weight excluding hydrogens is 455 g/mol. The Morgan fingerprint density at radius 2 is 1.61 bits per heavy atom. The van der Waals surface area contributed by atoms with Crippen molar-refractivity contribution in [1.82, 2.24) is 0 Å². The molecule has 31 heavy (non-hydrogen) atoms. The van der Waals surface area contributed by atoms with Crippen molar-refractivity contribution in [2.75, 3.05) is 17.2 Å². The van der Waals surface area contributed by atoms with Crippen molar-refractivity contribution in [3.63, 3.8) is 0 Å². The van der Waals surface area contributed by atoms with Crippen LogP contribution in [0.3, 0.4) is 0 Å². The van der Waals surface area contributed by atoms with E-state index in [-0.39, 0.29) is 23.7 Å². The molecule has 2 amide bonds. The van der Waals surface area contributed by atoms with E-state index in [2.05, 4.69) is 10.6 Å². The topological polar surface area (TPSA) is 67.4 Å². The molecule has 0 saturated carbocycles. The Hall–Kier alpha value is -2.67. The summed E-state index contributed by atoms with van der Waals surface area (Å²) in [5.41, 5.74) is 1.16. The molecule has 3 aromatic carbocycles. The first kappa shape index (κ1) is 23.0. The third-order valence-corrected chi connectivity index (χ3v) is 5.57. The first-order chi connectivity index (χ1) is 14.9. The van der Waals surface area contributed by atoms with E-state index in [0.717, 1.165) is 4.90 Å². The number of hydrogen-bond donors (Lipinski definition) is 2. The molecule has 160 valence electrons. The normalized spacial score (nSPS) is 11.5. The highest BCUT2D eigenvalue weighted by Gasteiger charge is 2.15. The van der Waals surface area contributed by atoms with Gasteiger partial charge in [0, 0.05) is 26.3 Å². The zero-order valence-electron chi connectivity index (χ0n) is 16.6. The summed E-state index contributed by atoms with van der Waals surface area (Å²) in [5, 5.41) is 6.12. The molecule has 3 rings (SSSR count). The van der Waals surface area contributed by atoms with Crippen molar-refractivity contribution in [1.29, 1.82) is 0 Å². The van der Waals surface area contributed by atoms with E-state index >= 15 is 0 Å². The SMILES string of the molecule is CC(Sc1cccc(NC(=O)COc2ccccc2)c1)C(=O)Nc1cc(Cl)cc(Cl)c1. The summed E-state index contributed by atoms with van der Waals surface area (Å²) >= 11 is 13.3. The summed E-state index contributed by atoms with van der Waals surface area (Å²) in [6.07, 6.45) is 0. The molecular formula is C23H20Cl2N2O3S. The van der Waals surface area contributed by atoms with Gasteiger partial charge in [0.2, 0.25) is 5.91 Å². The predicted molar refractivity (Wildman–Crippen MR) is 127 cm³/mol. The van der Waals surface area contributed by atoms with Crippen molar-refractivity contribution in [3.05, 3.63) is 82.8 Å². The lowest BCUT2D eigenvalue weighted by Crippen LogP contribution is -2.22. The number of ether oxygens (including phenoxy) is 1. The average molecular weight is 475 g/mol. The van der Waals surface area contributed by atoms with Gasteiger partial charge in [0.1, 0.15) is 5.75 Å². The van der Waals surface area contributed by atoms with Crippen molar-refractivity contribution >= 4 is 58.2 Å². The van der Waals surface area contributed by atoms with Gasteiger partial charge in [-0.25, -0.2) is 0 Å². The molecule has 3 aromatic rings. The summed E-state index contributed by atoms with van der Waals surface area (Å²) in [4.78, 5) is 25.5. The summed E-state index contributed by atoms with van der Waals surface area (Å²) < 4.78 is 5.45. The lowest BCUT2D eigenvalue weighted by molar-refractivity contribution is -0.118. The molecule has 8 heteroatoms. The molecule has 0 heterocycles. The van der Waals surface area contributed by atoms with E-state index in [0.29, 0.717) is 27.2 Å². The van der Waals surface area contributed by atoms with Gasteiger partial charge in [-0.3, -0.25) is 9.59 Å². The number of hydrogen-bond acceptors (Lipinski definition) is 4. The van der Waals surface area contributed by atoms with Crippen LogP contribution in [0.15, 0.2) is 77.7 Å². The fraction of sp³-hybridized carbons (Fsp3) is 0.130. The van der Waals surface area contributed by atoms with Crippen LogP contribution in [0.2, 0.25) is 10.0 Å². The van der Waals surface area contributed by atoms with E-state index in [1.165, 1.54) is 11.8 Å². The second-order valence-electron chi connectivity index (χ2n) is 6.59. The van der Waals surface area contributed by atoms with Crippen LogP contribution >= 0.6 is 35.0 Å². The molecule has 0 aliphatic carbocycles. The van der Waals surface area contributed by atoms with Crippen LogP contribution in [-0.2, 0) is 9.59 Å². The van der Waals surface area contributed by atoms with Gasteiger partial charge in [0.25, 0.3) is 5.91 Å². The monoisotopic (exact) mass is 474 g/mol. The maximum atomic E-state index is 12.5. The van der Waals surface area contributed by atoms with Gasteiger partial charge in [-0.15, -0.1) is 11.8 Å². The van der Waals surface area contributed by atoms with E-state index in [4.69, 9.17) is 27.9 Å². The van der Waals surface area contributed by atoms with Crippen LogP contribution in [0.1, 0.15) is 6.92 Å². The van der Waals surface area contributed by atoms with E-state index in [1.54, 1.807) is 43.3 Å². The van der Waals surface area contributed by atoms with Crippen molar-refractivity contribution in [2.24, 2.45) is 0 Å². The average Bonchev–Trinajstić information content (AvgIpc) is 2.72. The second kappa shape index (κ2) is 11.1. The number of carbonyl (C=O) groups is 2. The van der Waals surface area contributed by atoms with Gasteiger partial charge >= 0.3 is 0 Å². The van der Waals surface area contributed by atoms with Crippen LogP contribution in [0.25, 0.3) is 0 Å². The Morgan fingerprint density at radius 3 is 2.32 bits per heavy atom. The maximum absolute atomic E-state index is 12.5. The van der Waals surface area contributed by atoms with Crippen LogP contribution in [-0.4, -0.2) is 23.7 Å². The zero-order valence-corrected chi connectivity index (χ0v) is 18.9. The molecule has 2 N–H and O–H groups in total. The lowest BCUT2D eigenvalue weighted by atomic mass is 10.3. The van der Waals surface area contributed by atoms with Gasteiger partial charge in [0.05, 0.1) is 5.25 Å². The number of amides is 2. The number of carbonyl (C=O) groups excluding carboxylic acids is 2. The molecule has 0 aromatic heterocycles. The molecule has 0 aliphatic rings. The van der Waals surface area contributed by atoms with Crippen molar-refractivity contribution < 1.29 is 14.3 Å². The minimum absolute atomic E-state index is 0.0949. The van der Waals surface area contributed by atoms with Crippen molar-refractivity contribution in [3.8, 4) is 5.75 Å². The van der Waals surface area contributed by atoms with E-state index in [1.807, 2.05) is 36.4 Å². The van der Waals surface area contributed by atoms with Gasteiger partial charge in [-0.1, -0.05) is 47.5 Å². The number of anilines is 2. The maximum Gasteiger partial charge on any atom is 0.262 e. The molecule has 5 nitrogen and oxygen atoms in total. The molecule has 0 spiro atoms. The van der Waals surface area contributed by atoms with E-state index in [9.17, 15) is 9.59 Å². The molecule has 0 aliphatic heterocycles. The first-order valence-corrected chi connectivity index (χ1v) is 11.0. The fourth-order valence-electron chi connectivity index (χ4n) is 2.64. The predicted octanol–water partition coefficient (Wildman–Crippen LogP) is 6.13. The Balaban J connectivity index is 1.54. The third kappa shape index (κ3) is 7.51. The number of benzene rings is 3. The number of halogens is 2. The third-order valence-electron chi connectivity index (χ3n) is 4.04. The van der Waals surface area contributed by atoms with Crippen LogP contribution < -0.4 is 15.4 Å². The van der Waals surface area contributed by atoms with Gasteiger partial charge in [-0.05, 0) is 55.5 Å². The van der Waals surface area contributed by atoms with Crippen LogP contribution in [0.5, 0.6) is 5.75 Å². The molecule has 0 bridgehead atoms. The zero-order chi connectivity index (χ0) is 22.2. The molecule has 0 radical (unpaired) electrons. The second-order valence-corrected chi connectivity index (χ2v) is 8.87. The Bertz CT molecular complexity index is 1040. The minimum atomic E-state index is -0.384. The van der Waals surface area contributed by atoms with Crippen LogP contribution in [0, 0.1) is 0 Å². The largest absolute Gasteiger partial charge is 0.484 e. The molecule has 1 unspecified atom stereocenters. The quantitative estimate of drug-likeness (QED) is 0.385. The summed E-state index contributed by atoms with van der Waals surface area (Å²) in [5.74, 6) is 0.173. The number of nitrogens with one attached hydrogen (secondary N) is 2. The van der Waals surface area contributed by atoms with Gasteiger partial charge in [-0.2, -0.15) is 0 Å². The van der Waals surface area contributed by atoms with Crippen molar-refractivity contribution in [2.45, 2.75) is 17.1 Å². The van der Waals surface area contributed by atoms with Crippen LogP contribution in [0.4, 0.5) is 11.4 Å². The molecule has 1 atom stereocenters. The summed E-state index contributed by atoms with van der Waals surface area (Å²) in [6.45, 7) is 1.70. The number of rotatable bonds is 8. The fourth-order valence-corrected chi connectivity index (χ4v) is 4.09. The first-order valence-electron chi connectivity index (χ1n) is 9.40. The van der Waals surface area contributed by atoms with Gasteiger partial charge < -0.3 is 15.4 Å². The van der Waals surface area contributed by atoms with Gasteiger partial charge in [0.15, 0.2) is 6.61 Å². The summed E-state index contributed by atoms with van der Waals surface area (Å²) in [6, 6.07) is 21.3.